The van der Waals surface area contributed by atoms with Crippen LogP contribution < -0.4 is 29.1 Å². The Kier molecular flexibility index (Phi) is 9.39. The number of halogens is 2. The first kappa shape index (κ1) is 30.6. The number of para-hydroxylation sites is 1. The minimum absolute atomic E-state index is 0.171. The maximum absolute atomic E-state index is 14.1. The number of carbonyl (C=O) groups is 1. The summed E-state index contributed by atoms with van der Waals surface area (Å²) in [4.78, 5) is 32.6. The molecular weight excluding hydrogens is 656 g/mol. The van der Waals surface area contributed by atoms with Gasteiger partial charge in [0.1, 0.15) is 12.4 Å². The fourth-order valence-corrected chi connectivity index (χ4v) is 6.58. The number of nitrogens with zero attached hydrogens (tertiary/aromatic N) is 2. The third-order valence-corrected chi connectivity index (χ3v) is 8.90. The normalized spacial score (nSPS) is 14.7. The molecule has 3 aromatic carbocycles. The summed E-state index contributed by atoms with van der Waals surface area (Å²) in [6.07, 6.45) is 1.77. The molecule has 0 radical (unpaired) electrons. The predicted octanol–water partition coefficient (Wildman–Crippen LogP) is 5.81. The van der Waals surface area contributed by atoms with Crippen LogP contribution in [0.25, 0.3) is 6.08 Å². The number of carbonyl (C=O) groups excluding carboxylic acids is 1. The van der Waals surface area contributed by atoms with Crippen molar-refractivity contribution < 1.29 is 23.7 Å². The van der Waals surface area contributed by atoms with Crippen LogP contribution in [0.3, 0.4) is 0 Å². The number of hydrogen-bond acceptors (Lipinski definition) is 8. The van der Waals surface area contributed by atoms with Crippen molar-refractivity contribution in [2.24, 2.45) is 4.99 Å². The quantitative estimate of drug-likeness (QED) is 0.207. The van der Waals surface area contributed by atoms with E-state index in [1.165, 1.54) is 30.1 Å². The van der Waals surface area contributed by atoms with Gasteiger partial charge in [0.25, 0.3) is 5.56 Å². The van der Waals surface area contributed by atoms with Crippen molar-refractivity contribution in [2.45, 2.75) is 26.5 Å². The van der Waals surface area contributed by atoms with Crippen LogP contribution in [0.15, 0.2) is 86.2 Å². The highest BCUT2D eigenvalue weighted by Crippen LogP contribution is 2.40. The van der Waals surface area contributed by atoms with E-state index < -0.39 is 12.0 Å². The van der Waals surface area contributed by atoms with E-state index in [0.717, 1.165) is 5.56 Å². The molecule has 5 rings (SSSR count). The summed E-state index contributed by atoms with van der Waals surface area (Å²) in [7, 11) is 3.07. The summed E-state index contributed by atoms with van der Waals surface area (Å²) < 4.78 is 25.1. The van der Waals surface area contributed by atoms with Crippen LogP contribution in [-0.2, 0) is 16.1 Å². The van der Waals surface area contributed by atoms with Gasteiger partial charge >= 0.3 is 5.97 Å². The minimum atomic E-state index is -0.835. The highest BCUT2D eigenvalue weighted by molar-refractivity contribution is 9.10. The topological polar surface area (TPSA) is 88.4 Å². The number of ether oxygens (including phenoxy) is 4. The fourth-order valence-electron chi connectivity index (χ4n) is 4.81. The van der Waals surface area contributed by atoms with Gasteiger partial charge in [-0.25, -0.2) is 9.79 Å². The van der Waals surface area contributed by atoms with E-state index >= 15 is 0 Å². The minimum Gasteiger partial charge on any atom is -0.493 e. The van der Waals surface area contributed by atoms with Gasteiger partial charge < -0.3 is 18.9 Å². The van der Waals surface area contributed by atoms with Crippen molar-refractivity contribution in [3.63, 3.8) is 0 Å². The molecule has 1 aromatic heterocycles. The first-order chi connectivity index (χ1) is 20.8. The van der Waals surface area contributed by atoms with Crippen LogP contribution in [0.4, 0.5) is 0 Å². The van der Waals surface area contributed by atoms with E-state index in [9.17, 15) is 9.59 Å². The molecule has 0 unspecified atom stereocenters. The lowest BCUT2D eigenvalue weighted by Gasteiger charge is -2.26. The van der Waals surface area contributed by atoms with Crippen molar-refractivity contribution >= 4 is 50.9 Å². The second-order valence-corrected chi connectivity index (χ2v) is 11.7. The molecule has 43 heavy (non-hydrogen) atoms. The SMILES string of the molecule is CCOC(=O)C1=C(C)N=c2s/c(=C/c3ccccc3OCc3ccccc3Cl)c(=O)n2[C@H]1c1cc(OC)c(OC)cc1Br. The molecule has 1 atom stereocenters. The summed E-state index contributed by atoms with van der Waals surface area (Å²) in [5.41, 5.74) is 2.58. The van der Waals surface area contributed by atoms with Gasteiger partial charge in [0, 0.05) is 20.6 Å². The molecule has 0 aliphatic carbocycles. The van der Waals surface area contributed by atoms with E-state index in [1.54, 1.807) is 32.1 Å². The van der Waals surface area contributed by atoms with Gasteiger partial charge in [0.15, 0.2) is 16.3 Å². The van der Waals surface area contributed by atoms with Crippen molar-refractivity contribution in [2.75, 3.05) is 20.8 Å². The van der Waals surface area contributed by atoms with Crippen molar-refractivity contribution in [3.8, 4) is 17.2 Å². The molecule has 0 fully saturated rings. The molecule has 0 saturated carbocycles. The fraction of sp³-hybridized carbons (Fsp3) is 0.219. The summed E-state index contributed by atoms with van der Waals surface area (Å²) in [6.45, 7) is 3.91. The number of thiazole rings is 1. The molecule has 1 aliphatic heterocycles. The van der Waals surface area contributed by atoms with Gasteiger partial charge in [-0.3, -0.25) is 9.36 Å². The Morgan fingerprint density at radius 3 is 2.49 bits per heavy atom. The first-order valence-corrected chi connectivity index (χ1v) is 15.3. The smallest absolute Gasteiger partial charge is 0.338 e. The number of esters is 1. The van der Waals surface area contributed by atoms with Crippen LogP contribution in [0.5, 0.6) is 17.2 Å². The molecule has 1 aliphatic rings. The first-order valence-electron chi connectivity index (χ1n) is 13.3. The van der Waals surface area contributed by atoms with Gasteiger partial charge in [0.2, 0.25) is 0 Å². The number of hydrogen-bond donors (Lipinski definition) is 0. The number of methoxy groups -OCH3 is 2. The summed E-state index contributed by atoms with van der Waals surface area (Å²) in [5.74, 6) is 0.987. The number of benzene rings is 3. The van der Waals surface area contributed by atoms with E-state index in [-0.39, 0.29) is 24.3 Å². The molecular formula is C32H28BrClN2O6S. The van der Waals surface area contributed by atoms with Gasteiger partial charge in [-0.2, -0.15) is 0 Å². The number of rotatable bonds is 9. The van der Waals surface area contributed by atoms with Crippen LogP contribution >= 0.6 is 38.9 Å². The highest BCUT2D eigenvalue weighted by atomic mass is 79.9. The van der Waals surface area contributed by atoms with E-state index in [2.05, 4.69) is 20.9 Å². The van der Waals surface area contributed by atoms with Crippen LogP contribution in [0, 0.1) is 0 Å². The molecule has 8 nitrogen and oxygen atoms in total. The zero-order valence-electron chi connectivity index (χ0n) is 23.9. The average molecular weight is 684 g/mol. The van der Waals surface area contributed by atoms with Gasteiger partial charge in [-0.1, -0.05) is 75.3 Å². The molecule has 4 aromatic rings. The van der Waals surface area contributed by atoms with Crippen LogP contribution in [0.1, 0.15) is 36.6 Å². The second kappa shape index (κ2) is 13.2. The lowest BCUT2D eigenvalue weighted by molar-refractivity contribution is -0.139. The molecule has 0 amide bonds. The Morgan fingerprint density at radius 1 is 1.07 bits per heavy atom. The number of fused-ring (bicyclic) bond motifs is 1. The van der Waals surface area contributed by atoms with Crippen LogP contribution in [-0.4, -0.2) is 31.4 Å². The molecule has 0 N–H and O–H groups in total. The molecule has 222 valence electrons. The Morgan fingerprint density at radius 2 is 1.77 bits per heavy atom. The standard InChI is InChI=1S/C32H28BrClN2O6S/c1-5-41-31(38)28-18(2)35-32-36(29(28)21-15-25(39-3)26(40-4)16-22(21)33)30(37)27(43-32)14-19-10-7-9-13-24(19)42-17-20-11-6-8-12-23(20)34/h6-16,29H,5,17H2,1-4H3/b27-14+/t29-/m0/s1. The summed E-state index contributed by atoms with van der Waals surface area (Å²) in [5, 5.41) is 0.613. The Balaban J connectivity index is 1.66. The summed E-state index contributed by atoms with van der Waals surface area (Å²) >= 11 is 11.2. The molecule has 0 bridgehead atoms. The Labute approximate surface area is 265 Å². The Bertz CT molecular complexity index is 1920. The van der Waals surface area contributed by atoms with E-state index in [1.807, 2.05) is 48.5 Å². The van der Waals surface area contributed by atoms with Crippen molar-refractivity contribution in [1.82, 2.24) is 4.57 Å². The van der Waals surface area contributed by atoms with Gasteiger partial charge in [-0.05, 0) is 49.8 Å². The zero-order chi connectivity index (χ0) is 30.7. The van der Waals surface area contributed by atoms with E-state index in [4.69, 9.17) is 30.5 Å². The Hall–Kier alpha value is -3.86. The van der Waals surface area contributed by atoms with Crippen molar-refractivity contribution in [1.29, 1.82) is 0 Å². The lowest BCUT2D eigenvalue weighted by atomic mass is 9.95. The predicted molar refractivity (Wildman–Crippen MR) is 170 cm³/mol. The lowest BCUT2D eigenvalue weighted by Crippen LogP contribution is -2.40. The van der Waals surface area contributed by atoms with Gasteiger partial charge in [-0.15, -0.1) is 0 Å². The summed E-state index contributed by atoms with van der Waals surface area (Å²) in [6, 6.07) is 17.6. The maximum atomic E-state index is 14.1. The average Bonchev–Trinajstić information content (AvgIpc) is 3.30. The van der Waals surface area contributed by atoms with E-state index in [0.29, 0.717) is 52.9 Å². The monoisotopic (exact) mass is 682 g/mol. The number of aromatic nitrogens is 1. The molecule has 11 heteroatoms. The molecule has 2 heterocycles. The highest BCUT2D eigenvalue weighted by Gasteiger charge is 2.35. The molecule has 0 saturated heterocycles. The maximum Gasteiger partial charge on any atom is 0.338 e. The second-order valence-electron chi connectivity index (χ2n) is 9.45. The van der Waals surface area contributed by atoms with Crippen LogP contribution in [0.2, 0.25) is 5.02 Å². The third kappa shape index (κ3) is 6.13. The molecule has 0 spiro atoms. The zero-order valence-corrected chi connectivity index (χ0v) is 27.0. The van der Waals surface area contributed by atoms with Crippen molar-refractivity contribution in [3.05, 3.63) is 118 Å². The largest absolute Gasteiger partial charge is 0.493 e. The number of allylic oxidation sites excluding steroid dienone is 1. The van der Waals surface area contributed by atoms with Gasteiger partial charge in [0.05, 0.1) is 42.7 Å². The third-order valence-electron chi connectivity index (χ3n) is 6.86.